The first-order valence-electron chi connectivity index (χ1n) is 11.7. The van der Waals surface area contributed by atoms with Gasteiger partial charge < -0.3 is 19.4 Å². The first-order valence-corrected chi connectivity index (χ1v) is 11.7. The Balaban J connectivity index is 1.43. The Kier molecular flexibility index (Phi) is 6.72. The summed E-state index contributed by atoms with van der Waals surface area (Å²) in [7, 11) is 0. The number of amides is 1. The van der Waals surface area contributed by atoms with Gasteiger partial charge in [-0.25, -0.2) is 0 Å². The number of piperazine rings is 1. The highest BCUT2D eigenvalue weighted by molar-refractivity contribution is 5.85. The molecule has 2 fully saturated rings. The van der Waals surface area contributed by atoms with Gasteiger partial charge in [0.05, 0.1) is 4.92 Å². The first kappa shape index (κ1) is 22.9. The lowest BCUT2D eigenvalue weighted by Gasteiger charge is -2.39. The quantitative estimate of drug-likeness (QED) is 0.485. The number of benzene rings is 2. The summed E-state index contributed by atoms with van der Waals surface area (Å²) in [5, 5.41) is 11.6. The highest BCUT2D eigenvalue weighted by Gasteiger charge is 2.36. The van der Waals surface area contributed by atoms with E-state index in [-0.39, 0.29) is 16.5 Å². The van der Waals surface area contributed by atoms with Crippen LogP contribution in [0.4, 0.5) is 17.1 Å². The van der Waals surface area contributed by atoms with Gasteiger partial charge in [0.1, 0.15) is 11.4 Å². The zero-order valence-corrected chi connectivity index (χ0v) is 19.4. The molecule has 8 nitrogen and oxygen atoms in total. The monoisotopic (exact) mass is 452 g/mol. The molecule has 2 aliphatic rings. The van der Waals surface area contributed by atoms with Crippen LogP contribution in [0.25, 0.3) is 0 Å². The fourth-order valence-corrected chi connectivity index (χ4v) is 4.63. The minimum absolute atomic E-state index is 0.0382. The van der Waals surface area contributed by atoms with Crippen molar-refractivity contribution in [2.24, 2.45) is 0 Å². The molecule has 1 amide bonds. The molecule has 2 aromatic rings. The van der Waals surface area contributed by atoms with Crippen LogP contribution in [0.5, 0.6) is 5.75 Å². The number of ether oxygens (including phenoxy) is 1. The molecular weight excluding hydrogens is 420 g/mol. The molecule has 0 aliphatic carbocycles. The maximum atomic E-state index is 13.1. The number of nitro groups is 1. The Morgan fingerprint density at radius 3 is 2.21 bits per heavy atom. The topological polar surface area (TPSA) is 79.2 Å². The van der Waals surface area contributed by atoms with Crippen molar-refractivity contribution in [1.82, 2.24) is 4.90 Å². The molecule has 0 spiro atoms. The van der Waals surface area contributed by atoms with Crippen LogP contribution in [0.2, 0.25) is 0 Å². The summed E-state index contributed by atoms with van der Waals surface area (Å²) in [6.07, 6.45) is 3.29. The van der Waals surface area contributed by atoms with Crippen LogP contribution < -0.4 is 14.5 Å². The van der Waals surface area contributed by atoms with E-state index in [2.05, 4.69) is 9.80 Å². The predicted molar refractivity (Wildman–Crippen MR) is 129 cm³/mol. The number of nitrogens with zero attached hydrogens (tertiary/aromatic N) is 4. The summed E-state index contributed by atoms with van der Waals surface area (Å²) < 4.78 is 5.97. The van der Waals surface area contributed by atoms with Gasteiger partial charge in [0.25, 0.3) is 11.6 Å². The van der Waals surface area contributed by atoms with Crippen molar-refractivity contribution in [3.05, 3.63) is 58.6 Å². The minimum atomic E-state index is -0.960. The maximum Gasteiger partial charge on any atom is 0.292 e. The van der Waals surface area contributed by atoms with E-state index in [9.17, 15) is 14.9 Å². The van der Waals surface area contributed by atoms with Crippen LogP contribution >= 0.6 is 0 Å². The molecule has 8 heteroatoms. The lowest BCUT2D eigenvalue weighted by molar-refractivity contribution is -0.384. The molecule has 0 aromatic heterocycles. The first-order chi connectivity index (χ1) is 15.8. The summed E-state index contributed by atoms with van der Waals surface area (Å²) in [5.74, 6) is 0.634. The third-order valence-electron chi connectivity index (χ3n) is 6.42. The summed E-state index contributed by atoms with van der Waals surface area (Å²) in [4.78, 5) is 30.6. The number of hydrogen-bond acceptors (Lipinski definition) is 6. The third-order valence-corrected chi connectivity index (χ3v) is 6.42. The van der Waals surface area contributed by atoms with Crippen molar-refractivity contribution in [1.29, 1.82) is 0 Å². The van der Waals surface area contributed by atoms with Crippen LogP contribution in [0.3, 0.4) is 0 Å². The summed E-state index contributed by atoms with van der Waals surface area (Å²) in [5.41, 5.74) is 0.869. The predicted octanol–water partition coefficient (Wildman–Crippen LogP) is 4.09. The summed E-state index contributed by atoms with van der Waals surface area (Å²) >= 11 is 0. The van der Waals surface area contributed by atoms with E-state index >= 15 is 0 Å². The van der Waals surface area contributed by atoms with E-state index in [1.165, 1.54) is 6.42 Å². The van der Waals surface area contributed by atoms with Gasteiger partial charge in [-0.2, -0.15) is 0 Å². The number of carbonyl (C=O) groups excluding carboxylic acids is 1. The SMILES string of the molecule is CC(C)(Oc1ccccc1)C(=O)N1CCN(c2ccc([N+](=O)[O-])c(N3CCCCC3)c2)CC1. The van der Waals surface area contributed by atoms with Gasteiger partial charge >= 0.3 is 0 Å². The van der Waals surface area contributed by atoms with E-state index in [4.69, 9.17) is 4.74 Å². The number of hydrogen-bond donors (Lipinski definition) is 0. The molecule has 2 aromatic carbocycles. The molecule has 2 saturated heterocycles. The fraction of sp³-hybridized carbons (Fsp3) is 0.480. The normalized spacial score (nSPS) is 17.1. The van der Waals surface area contributed by atoms with Crippen LogP contribution in [0, 0.1) is 10.1 Å². The molecule has 0 bridgehead atoms. The molecule has 0 unspecified atom stereocenters. The lowest BCUT2D eigenvalue weighted by atomic mass is 10.1. The minimum Gasteiger partial charge on any atom is -0.478 e. The molecular formula is C25H32N4O4. The zero-order chi connectivity index (χ0) is 23.4. The molecule has 176 valence electrons. The molecule has 0 radical (unpaired) electrons. The molecule has 33 heavy (non-hydrogen) atoms. The maximum absolute atomic E-state index is 13.1. The van der Waals surface area contributed by atoms with Crippen molar-refractivity contribution in [3.8, 4) is 5.75 Å². The van der Waals surface area contributed by atoms with Gasteiger partial charge in [-0.05, 0) is 57.4 Å². The second kappa shape index (κ2) is 9.68. The van der Waals surface area contributed by atoms with Crippen LogP contribution in [0.1, 0.15) is 33.1 Å². The van der Waals surface area contributed by atoms with Crippen LogP contribution in [-0.4, -0.2) is 60.6 Å². The molecule has 0 N–H and O–H groups in total. The average Bonchev–Trinajstić information content (AvgIpc) is 2.84. The number of carbonyl (C=O) groups is 1. The van der Waals surface area contributed by atoms with Crippen molar-refractivity contribution in [3.63, 3.8) is 0 Å². The van der Waals surface area contributed by atoms with E-state index < -0.39 is 5.60 Å². The number of para-hydroxylation sites is 1. The Labute approximate surface area is 194 Å². The Hall–Kier alpha value is -3.29. The van der Waals surface area contributed by atoms with E-state index in [1.54, 1.807) is 19.9 Å². The largest absolute Gasteiger partial charge is 0.478 e. The average molecular weight is 453 g/mol. The Bertz CT molecular complexity index is 981. The van der Waals surface area contributed by atoms with Crippen molar-refractivity contribution in [2.45, 2.75) is 38.7 Å². The molecule has 0 saturated carbocycles. The Morgan fingerprint density at radius 1 is 0.909 bits per heavy atom. The Morgan fingerprint density at radius 2 is 1.58 bits per heavy atom. The van der Waals surface area contributed by atoms with Crippen LogP contribution in [-0.2, 0) is 4.79 Å². The van der Waals surface area contributed by atoms with Gasteiger partial charge in [-0.1, -0.05) is 18.2 Å². The van der Waals surface area contributed by atoms with Gasteiger partial charge in [-0.15, -0.1) is 0 Å². The lowest BCUT2D eigenvalue weighted by Crippen LogP contribution is -2.55. The summed E-state index contributed by atoms with van der Waals surface area (Å²) in [6, 6.07) is 14.8. The fourth-order valence-electron chi connectivity index (χ4n) is 4.63. The smallest absolute Gasteiger partial charge is 0.292 e. The van der Waals surface area contributed by atoms with Gasteiger partial charge in [-0.3, -0.25) is 14.9 Å². The number of nitro benzene ring substituents is 1. The molecule has 2 aliphatic heterocycles. The van der Waals surface area contributed by atoms with E-state index in [1.807, 2.05) is 47.4 Å². The standard InChI is InChI=1S/C25H32N4O4/c1-25(2,33-21-9-5-3-6-10-21)24(30)28-17-15-26(16-18-28)20-11-12-22(29(31)32)23(19-20)27-13-7-4-8-14-27/h3,5-6,9-12,19H,4,7-8,13-18H2,1-2H3. The molecule has 0 atom stereocenters. The number of piperidine rings is 1. The van der Waals surface area contributed by atoms with Crippen molar-refractivity contribution >= 4 is 23.0 Å². The van der Waals surface area contributed by atoms with Crippen molar-refractivity contribution < 1.29 is 14.5 Å². The van der Waals surface area contributed by atoms with Crippen LogP contribution in [0.15, 0.2) is 48.5 Å². The van der Waals surface area contributed by atoms with Crippen molar-refractivity contribution in [2.75, 3.05) is 49.1 Å². The van der Waals surface area contributed by atoms with E-state index in [0.29, 0.717) is 37.6 Å². The highest BCUT2D eigenvalue weighted by atomic mass is 16.6. The molecule has 2 heterocycles. The molecule has 4 rings (SSSR count). The van der Waals surface area contributed by atoms with E-state index in [0.717, 1.165) is 31.6 Å². The highest BCUT2D eigenvalue weighted by Crippen LogP contribution is 2.34. The zero-order valence-electron chi connectivity index (χ0n) is 19.4. The summed E-state index contributed by atoms with van der Waals surface area (Å²) in [6.45, 7) is 7.81. The second-order valence-electron chi connectivity index (χ2n) is 9.18. The van der Waals surface area contributed by atoms with Gasteiger partial charge in [0, 0.05) is 51.0 Å². The third kappa shape index (κ3) is 5.21. The number of rotatable bonds is 6. The van der Waals surface area contributed by atoms with Gasteiger partial charge in [0.2, 0.25) is 0 Å². The number of anilines is 2. The van der Waals surface area contributed by atoms with Gasteiger partial charge in [0.15, 0.2) is 5.60 Å². The second-order valence-corrected chi connectivity index (χ2v) is 9.18.